The van der Waals surface area contributed by atoms with Crippen molar-refractivity contribution in [1.29, 1.82) is 0 Å². The summed E-state index contributed by atoms with van der Waals surface area (Å²) in [6.45, 7) is 0. The smallest absolute Gasteiger partial charge is 0.325 e. The monoisotopic (exact) mass is 288 g/mol. The van der Waals surface area contributed by atoms with Gasteiger partial charge in [-0.25, -0.2) is 0 Å². The molecule has 8 heteroatoms. The van der Waals surface area contributed by atoms with Crippen molar-refractivity contribution in [2.45, 2.75) is 18.9 Å². The molecule has 1 aromatic rings. The van der Waals surface area contributed by atoms with Gasteiger partial charge in [0.1, 0.15) is 6.04 Å². The van der Waals surface area contributed by atoms with Crippen LogP contribution in [0.2, 0.25) is 0 Å². The highest BCUT2D eigenvalue weighted by atomic mass is 31.2. The molecule has 7 N–H and O–H groups in total. The number of nitrogen functional groups attached to an aromatic ring is 1. The molecule has 19 heavy (non-hydrogen) atoms. The zero-order chi connectivity index (χ0) is 14.6. The van der Waals surface area contributed by atoms with Gasteiger partial charge in [0.15, 0.2) is 0 Å². The Balaban J connectivity index is 2.91. The summed E-state index contributed by atoms with van der Waals surface area (Å²) in [6, 6.07) is 3.74. The molecule has 0 fully saturated rings. The number of anilines is 1. The third kappa shape index (κ3) is 5.40. The lowest BCUT2D eigenvalue weighted by atomic mass is 9.98. The van der Waals surface area contributed by atoms with Gasteiger partial charge in [0.25, 0.3) is 0 Å². The minimum Gasteiger partial charge on any atom is -0.480 e. The second-order valence-corrected chi connectivity index (χ2v) is 6.09. The van der Waals surface area contributed by atoms with E-state index in [2.05, 4.69) is 0 Å². The largest absolute Gasteiger partial charge is 0.480 e. The second kappa shape index (κ2) is 6.16. The fourth-order valence-electron chi connectivity index (χ4n) is 1.67. The van der Waals surface area contributed by atoms with Crippen molar-refractivity contribution in [1.82, 2.24) is 0 Å². The van der Waals surface area contributed by atoms with E-state index in [4.69, 9.17) is 26.4 Å². The van der Waals surface area contributed by atoms with E-state index in [1.807, 2.05) is 0 Å². The van der Waals surface area contributed by atoms with Gasteiger partial charge >= 0.3 is 13.6 Å². The van der Waals surface area contributed by atoms with Crippen LogP contribution in [0.15, 0.2) is 18.2 Å². The number of rotatable bonds is 6. The summed E-state index contributed by atoms with van der Waals surface area (Å²) >= 11 is 0. The highest BCUT2D eigenvalue weighted by Crippen LogP contribution is 2.35. The van der Waals surface area contributed by atoms with Gasteiger partial charge in [-0.3, -0.25) is 9.36 Å². The van der Waals surface area contributed by atoms with Crippen molar-refractivity contribution in [2.24, 2.45) is 5.73 Å². The number of hydrogen-bond donors (Lipinski definition) is 5. The molecule has 0 heterocycles. The standard InChI is InChI=1S/C11H17N2O5P/c12-9-2-1-7(3-4-19(16,17)18)8(5-9)6-10(13)11(14)15/h1-2,5,10H,3-4,6,12-13H2,(H,14,15)(H2,16,17,18). The Morgan fingerprint density at radius 2 is 1.95 bits per heavy atom. The zero-order valence-electron chi connectivity index (χ0n) is 10.2. The third-order valence-corrected chi connectivity index (χ3v) is 3.47. The van der Waals surface area contributed by atoms with E-state index in [1.54, 1.807) is 18.2 Å². The van der Waals surface area contributed by atoms with Crippen LogP contribution in [-0.4, -0.2) is 33.1 Å². The van der Waals surface area contributed by atoms with Gasteiger partial charge in [0.2, 0.25) is 0 Å². The predicted octanol–water partition coefficient (Wildman–Crippen LogP) is -0.0566. The molecule has 0 amide bonds. The number of aliphatic carboxylic acids is 1. The number of carboxylic acid groups (broad SMARTS) is 1. The molecule has 0 radical (unpaired) electrons. The normalized spacial score (nSPS) is 13.2. The summed E-state index contributed by atoms with van der Waals surface area (Å²) in [4.78, 5) is 28.5. The molecule has 0 saturated carbocycles. The van der Waals surface area contributed by atoms with E-state index in [1.165, 1.54) is 0 Å². The molecule has 0 aliphatic carbocycles. The molecule has 0 aliphatic heterocycles. The number of aryl methyl sites for hydroxylation is 1. The molecule has 1 unspecified atom stereocenters. The van der Waals surface area contributed by atoms with E-state index in [0.29, 0.717) is 16.8 Å². The average molecular weight is 288 g/mol. The van der Waals surface area contributed by atoms with Crippen molar-refractivity contribution < 1.29 is 24.3 Å². The summed E-state index contributed by atoms with van der Waals surface area (Å²) in [5.74, 6) is -1.14. The second-order valence-electron chi connectivity index (χ2n) is 4.32. The topological polar surface area (TPSA) is 147 Å². The number of nitrogens with two attached hydrogens (primary N) is 2. The summed E-state index contributed by atoms with van der Waals surface area (Å²) in [5.41, 5.74) is 12.8. The van der Waals surface area contributed by atoms with Crippen molar-refractivity contribution in [3.05, 3.63) is 29.3 Å². The first-order valence-electron chi connectivity index (χ1n) is 5.59. The van der Waals surface area contributed by atoms with Gasteiger partial charge < -0.3 is 26.4 Å². The molecule has 0 aromatic heterocycles. The molecule has 0 bridgehead atoms. The maximum atomic E-state index is 10.9. The average Bonchev–Trinajstić information content (AvgIpc) is 2.26. The maximum absolute atomic E-state index is 10.9. The Morgan fingerprint density at radius 1 is 1.32 bits per heavy atom. The molecule has 0 aliphatic rings. The molecule has 7 nitrogen and oxygen atoms in total. The van der Waals surface area contributed by atoms with Crippen molar-refractivity contribution in [3.8, 4) is 0 Å². The Kier molecular flexibility index (Phi) is 5.08. The molecule has 1 atom stereocenters. The maximum Gasteiger partial charge on any atom is 0.325 e. The lowest BCUT2D eigenvalue weighted by Gasteiger charge is -2.13. The molecule has 1 aromatic carbocycles. The minimum absolute atomic E-state index is 0.0663. The van der Waals surface area contributed by atoms with Crippen LogP contribution in [0.5, 0.6) is 0 Å². The number of carbonyl (C=O) groups is 1. The van der Waals surface area contributed by atoms with Gasteiger partial charge in [0.05, 0.1) is 6.16 Å². The number of carboxylic acids is 1. The lowest BCUT2D eigenvalue weighted by molar-refractivity contribution is -0.138. The highest BCUT2D eigenvalue weighted by molar-refractivity contribution is 7.51. The van der Waals surface area contributed by atoms with Gasteiger partial charge in [0, 0.05) is 5.69 Å². The summed E-state index contributed by atoms with van der Waals surface area (Å²) in [6.07, 6.45) is -0.0880. The first-order chi connectivity index (χ1) is 8.69. The van der Waals surface area contributed by atoms with Crippen molar-refractivity contribution in [3.63, 3.8) is 0 Å². The van der Waals surface area contributed by atoms with Crippen molar-refractivity contribution >= 4 is 19.3 Å². The Bertz CT molecular complexity index is 514. The predicted molar refractivity (Wildman–Crippen MR) is 70.8 cm³/mol. The summed E-state index contributed by atoms with van der Waals surface area (Å²) in [5, 5.41) is 8.78. The number of benzene rings is 1. The van der Waals surface area contributed by atoms with Gasteiger partial charge in [-0.1, -0.05) is 6.07 Å². The fraction of sp³-hybridized carbons (Fsp3) is 0.364. The zero-order valence-corrected chi connectivity index (χ0v) is 11.1. The van der Waals surface area contributed by atoms with Gasteiger partial charge in [-0.2, -0.15) is 0 Å². The van der Waals surface area contributed by atoms with Crippen LogP contribution in [0.1, 0.15) is 11.1 Å². The molecule has 106 valence electrons. The molecule has 0 spiro atoms. The van der Waals surface area contributed by atoms with E-state index in [0.717, 1.165) is 0 Å². The molecule has 0 saturated heterocycles. The van der Waals surface area contributed by atoms with E-state index >= 15 is 0 Å². The van der Waals surface area contributed by atoms with Gasteiger partial charge in [-0.05, 0) is 36.1 Å². The quantitative estimate of drug-likeness (QED) is 0.364. The molecular formula is C11H17N2O5P. The highest BCUT2D eigenvalue weighted by Gasteiger charge is 2.17. The minimum atomic E-state index is -4.09. The Morgan fingerprint density at radius 3 is 2.47 bits per heavy atom. The fourth-order valence-corrected chi connectivity index (χ4v) is 2.20. The van der Waals surface area contributed by atoms with E-state index in [-0.39, 0.29) is 19.0 Å². The van der Waals surface area contributed by atoms with E-state index < -0.39 is 19.6 Å². The summed E-state index contributed by atoms with van der Waals surface area (Å²) < 4.78 is 10.9. The van der Waals surface area contributed by atoms with Gasteiger partial charge in [-0.15, -0.1) is 0 Å². The number of hydrogen-bond acceptors (Lipinski definition) is 4. The first-order valence-corrected chi connectivity index (χ1v) is 7.39. The van der Waals surface area contributed by atoms with E-state index in [9.17, 15) is 9.36 Å². The molecule has 1 rings (SSSR count). The Labute approximate surface area is 110 Å². The SMILES string of the molecule is Nc1ccc(CCP(=O)(O)O)c(CC(N)C(=O)O)c1. The van der Waals surface area contributed by atoms with Crippen LogP contribution >= 0.6 is 7.60 Å². The van der Waals surface area contributed by atoms with Crippen LogP contribution in [-0.2, 0) is 22.2 Å². The van der Waals surface area contributed by atoms with Crippen LogP contribution < -0.4 is 11.5 Å². The van der Waals surface area contributed by atoms with Crippen LogP contribution in [0.25, 0.3) is 0 Å². The van der Waals surface area contributed by atoms with Crippen LogP contribution in [0.4, 0.5) is 5.69 Å². The lowest BCUT2D eigenvalue weighted by Crippen LogP contribution is -2.32. The molecular weight excluding hydrogens is 271 g/mol. The van der Waals surface area contributed by atoms with Crippen LogP contribution in [0.3, 0.4) is 0 Å². The third-order valence-electron chi connectivity index (χ3n) is 2.66. The van der Waals surface area contributed by atoms with Crippen molar-refractivity contribution in [2.75, 3.05) is 11.9 Å². The first kappa shape index (κ1) is 15.7. The van der Waals surface area contributed by atoms with Crippen LogP contribution in [0, 0.1) is 0 Å². The summed E-state index contributed by atoms with van der Waals surface area (Å²) in [7, 11) is -4.09. The Hall–Kier alpha value is -1.40.